The van der Waals surface area contributed by atoms with Crippen molar-refractivity contribution in [1.29, 1.82) is 0 Å². The number of rotatable bonds is 5. The van der Waals surface area contributed by atoms with Gasteiger partial charge in [-0.3, -0.25) is 0 Å². The first kappa shape index (κ1) is 17.0. The summed E-state index contributed by atoms with van der Waals surface area (Å²) < 4.78 is 20.5. The Morgan fingerprint density at radius 2 is 2.08 bits per heavy atom. The first-order valence-electron chi connectivity index (χ1n) is 8.15. The average Bonchev–Trinajstić information content (AvgIpc) is 2.95. The lowest BCUT2D eigenvalue weighted by Gasteiger charge is -2.05. The van der Waals surface area contributed by atoms with Crippen LogP contribution in [0.1, 0.15) is 35.5 Å². The van der Waals surface area contributed by atoms with Crippen LogP contribution < -0.4 is 0 Å². The van der Waals surface area contributed by atoms with E-state index >= 15 is 0 Å². The van der Waals surface area contributed by atoms with Crippen molar-refractivity contribution >= 4 is 16.9 Å². The smallest absolute Gasteiger partial charge is 0.356 e. The molecular weight excluding hydrogens is 323 g/mol. The van der Waals surface area contributed by atoms with E-state index in [1.807, 2.05) is 17.7 Å². The normalized spacial score (nSPS) is 11.0. The van der Waals surface area contributed by atoms with Crippen LogP contribution in [0, 0.1) is 5.82 Å². The molecule has 0 aliphatic rings. The van der Waals surface area contributed by atoms with Crippen LogP contribution in [0.5, 0.6) is 5.75 Å². The monoisotopic (exact) mass is 342 g/mol. The molecule has 0 unspecified atom stereocenters. The van der Waals surface area contributed by atoms with E-state index in [0.717, 1.165) is 16.5 Å². The molecule has 0 spiro atoms. The first-order chi connectivity index (χ1) is 12.0. The van der Waals surface area contributed by atoms with E-state index in [-0.39, 0.29) is 18.1 Å². The number of ether oxygens (including phenoxy) is 1. The predicted octanol–water partition coefficient (Wildman–Crippen LogP) is 3.67. The van der Waals surface area contributed by atoms with E-state index in [2.05, 4.69) is 4.98 Å². The molecule has 2 heterocycles. The van der Waals surface area contributed by atoms with Crippen LogP contribution in [0.15, 0.2) is 36.7 Å². The minimum Gasteiger partial charge on any atom is -0.508 e. The number of aryl methyl sites for hydroxylation is 1. The lowest BCUT2D eigenvalue weighted by Crippen LogP contribution is -2.07. The third-order valence-corrected chi connectivity index (χ3v) is 4.10. The molecule has 0 aliphatic heterocycles. The molecule has 6 heteroatoms. The number of pyridine rings is 1. The number of fused-ring (bicyclic) bond motifs is 1. The summed E-state index contributed by atoms with van der Waals surface area (Å²) in [4.78, 5) is 16.1. The Hall–Kier alpha value is -2.89. The summed E-state index contributed by atoms with van der Waals surface area (Å²) in [6, 6.07) is 5.60. The van der Waals surface area contributed by atoms with E-state index < -0.39 is 11.8 Å². The molecule has 3 rings (SSSR count). The van der Waals surface area contributed by atoms with Gasteiger partial charge in [-0.15, -0.1) is 0 Å². The molecule has 5 nitrogen and oxygen atoms in total. The summed E-state index contributed by atoms with van der Waals surface area (Å²) in [5.41, 5.74) is 2.51. The maximum Gasteiger partial charge on any atom is 0.356 e. The highest BCUT2D eigenvalue weighted by atomic mass is 19.1. The van der Waals surface area contributed by atoms with Crippen molar-refractivity contribution in [3.8, 4) is 5.75 Å². The van der Waals surface area contributed by atoms with Gasteiger partial charge in [0, 0.05) is 36.3 Å². The van der Waals surface area contributed by atoms with Gasteiger partial charge in [-0.1, -0.05) is 0 Å². The van der Waals surface area contributed by atoms with E-state index in [9.17, 15) is 14.3 Å². The highest BCUT2D eigenvalue weighted by Crippen LogP contribution is 2.27. The van der Waals surface area contributed by atoms with Crippen molar-refractivity contribution in [2.24, 2.45) is 0 Å². The van der Waals surface area contributed by atoms with Gasteiger partial charge in [-0.2, -0.15) is 0 Å². The standard InChI is InChI=1S/C19H19FN2O3/c1-3-22-11-13(7-12-8-14(20)5-6-18(12)23)15-10-21-16(9-17(15)22)19(24)25-4-2/h5-6,8-11,23H,3-4,7H2,1-2H3. The third-order valence-electron chi connectivity index (χ3n) is 4.10. The summed E-state index contributed by atoms with van der Waals surface area (Å²) in [6.45, 7) is 4.73. The molecule has 1 N–H and O–H groups in total. The average molecular weight is 342 g/mol. The molecule has 0 radical (unpaired) electrons. The lowest BCUT2D eigenvalue weighted by atomic mass is 10.0. The van der Waals surface area contributed by atoms with Crippen LogP contribution in [0.25, 0.3) is 10.9 Å². The van der Waals surface area contributed by atoms with E-state index in [0.29, 0.717) is 18.5 Å². The molecule has 0 aliphatic carbocycles. The van der Waals surface area contributed by atoms with Crippen molar-refractivity contribution in [3.05, 3.63) is 59.3 Å². The van der Waals surface area contributed by atoms with Gasteiger partial charge in [0.15, 0.2) is 0 Å². The van der Waals surface area contributed by atoms with Crippen molar-refractivity contribution in [3.63, 3.8) is 0 Å². The zero-order chi connectivity index (χ0) is 18.0. The molecule has 130 valence electrons. The van der Waals surface area contributed by atoms with Crippen LogP contribution in [-0.4, -0.2) is 27.2 Å². The Morgan fingerprint density at radius 1 is 1.28 bits per heavy atom. The fourth-order valence-electron chi connectivity index (χ4n) is 2.88. The fourth-order valence-corrected chi connectivity index (χ4v) is 2.88. The molecule has 0 amide bonds. The summed E-state index contributed by atoms with van der Waals surface area (Å²) in [7, 11) is 0. The van der Waals surface area contributed by atoms with Crippen molar-refractivity contribution in [1.82, 2.24) is 9.55 Å². The second-order valence-corrected chi connectivity index (χ2v) is 5.70. The zero-order valence-corrected chi connectivity index (χ0v) is 14.1. The minimum absolute atomic E-state index is 0.0508. The van der Waals surface area contributed by atoms with Gasteiger partial charge in [-0.05, 0) is 43.7 Å². The summed E-state index contributed by atoms with van der Waals surface area (Å²) >= 11 is 0. The molecule has 0 bridgehead atoms. The number of nitrogens with zero attached hydrogens (tertiary/aromatic N) is 2. The number of hydrogen-bond donors (Lipinski definition) is 1. The number of phenolic OH excluding ortho intramolecular Hbond substituents is 1. The first-order valence-corrected chi connectivity index (χ1v) is 8.15. The number of hydrogen-bond acceptors (Lipinski definition) is 4. The van der Waals surface area contributed by atoms with Crippen LogP contribution in [0.2, 0.25) is 0 Å². The summed E-state index contributed by atoms with van der Waals surface area (Å²) in [5, 5.41) is 10.8. The van der Waals surface area contributed by atoms with Crippen LogP contribution in [0.4, 0.5) is 4.39 Å². The number of aromatic nitrogens is 2. The number of aromatic hydroxyl groups is 1. The molecule has 0 atom stereocenters. The van der Waals surface area contributed by atoms with E-state index in [4.69, 9.17) is 4.74 Å². The van der Waals surface area contributed by atoms with Gasteiger partial charge >= 0.3 is 5.97 Å². The van der Waals surface area contributed by atoms with Crippen LogP contribution in [-0.2, 0) is 17.7 Å². The molecule has 2 aromatic heterocycles. The van der Waals surface area contributed by atoms with E-state index in [1.165, 1.54) is 18.2 Å². The fraction of sp³-hybridized carbons (Fsp3) is 0.263. The van der Waals surface area contributed by atoms with Crippen molar-refractivity contribution in [2.45, 2.75) is 26.8 Å². The predicted molar refractivity (Wildman–Crippen MR) is 92.2 cm³/mol. The zero-order valence-electron chi connectivity index (χ0n) is 14.1. The number of carbonyl (C=O) groups is 1. The van der Waals surface area contributed by atoms with Gasteiger partial charge in [0.2, 0.25) is 0 Å². The molecular formula is C19H19FN2O3. The van der Waals surface area contributed by atoms with Gasteiger partial charge in [0.05, 0.1) is 12.1 Å². The third kappa shape index (κ3) is 3.33. The highest BCUT2D eigenvalue weighted by Gasteiger charge is 2.15. The largest absolute Gasteiger partial charge is 0.508 e. The number of esters is 1. The lowest BCUT2D eigenvalue weighted by molar-refractivity contribution is 0.0519. The number of carbonyl (C=O) groups excluding carboxylic acids is 1. The Balaban J connectivity index is 2.04. The molecule has 0 saturated heterocycles. The Bertz CT molecular complexity index is 934. The molecule has 0 fully saturated rings. The van der Waals surface area contributed by atoms with E-state index in [1.54, 1.807) is 19.2 Å². The minimum atomic E-state index is -0.461. The van der Waals surface area contributed by atoms with Gasteiger partial charge < -0.3 is 14.4 Å². The second-order valence-electron chi connectivity index (χ2n) is 5.70. The number of benzene rings is 1. The molecule has 0 saturated carbocycles. The highest BCUT2D eigenvalue weighted by molar-refractivity contribution is 5.93. The Labute approximate surface area is 144 Å². The molecule has 25 heavy (non-hydrogen) atoms. The van der Waals surface area contributed by atoms with Gasteiger partial charge in [0.25, 0.3) is 0 Å². The number of phenols is 1. The topological polar surface area (TPSA) is 64.3 Å². The SMILES string of the molecule is CCOC(=O)c1cc2c(cn1)c(Cc1cc(F)ccc1O)cn2CC. The van der Waals surface area contributed by atoms with Gasteiger partial charge in [0.1, 0.15) is 17.3 Å². The van der Waals surface area contributed by atoms with Crippen LogP contribution in [0.3, 0.4) is 0 Å². The Kier molecular flexibility index (Phi) is 4.70. The maximum atomic E-state index is 13.5. The molecule has 1 aromatic carbocycles. The Morgan fingerprint density at radius 3 is 2.80 bits per heavy atom. The van der Waals surface area contributed by atoms with Crippen molar-refractivity contribution < 1.29 is 19.0 Å². The number of halogens is 1. The maximum absolute atomic E-state index is 13.5. The van der Waals surface area contributed by atoms with Crippen molar-refractivity contribution in [2.75, 3.05) is 6.61 Å². The quantitative estimate of drug-likeness (QED) is 0.719. The summed E-state index contributed by atoms with van der Waals surface area (Å²) in [6.07, 6.45) is 3.93. The molecule has 3 aromatic rings. The summed E-state index contributed by atoms with van der Waals surface area (Å²) in [5.74, 6) is -0.803. The second kappa shape index (κ2) is 6.93. The van der Waals surface area contributed by atoms with Gasteiger partial charge in [-0.25, -0.2) is 14.2 Å². The van der Waals surface area contributed by atoms with Crippen LogP contribution >= 0.6 is 0 Å².